The highest BCUT2D eigenvalue weighted by molar-refractivity contribution is 5.88. The van der Waals surface area contributed by atoms with Crippen LogP contribution < -0.4 is 16.4 Å². The molecule has 0 saturated heterocycles. The van der Waals surface area contributed by atoms with Crippen LogP contribution in [-0.2, 0) is 9.59 Å². The van der Waals surface area contributed by atoms with E-state index in [0.717, 1.165) is 0 Å². The standard InChI is InChI=1S/C10H21N3O2/c1-6(2)8(5-11)10(15)13-7(3)9(14)12-4/h6-8H,5,11H2,1-4H3,(H,12,14)(H,13,15). The van der Waals surface area contributed by atoms with Crippen LogP contribution in [0.5, 0.6) is 0 Å². The van der Waals surface area contributed by atoms with Crippen molar-refractivity contribution in [1.82, 2.24) is 10.6 Å². The average Bonchev–Trinajstić information content (AvgIpc) is 2.16. The molecular weight excluding hydrogens is 194 g/mol. The quantitative estimate of drug-likeness (QED) is 0.576. The molecule has 2 amide bonds. The lowest BCUT2D eigenvalue weighted by Gasteiger charge is -2.20. The van der Waals surface area contributed by atoms with Gasteiger partial charge in [-0.15, -0.1) is 0 Å². The van der Waals surface area contributed by atoms with Crippen LogP contribution in [0.1, 0.15) is 20.8 Å². The molecule has 0 aliphatic carbocycles. The van der Waals surface area contributed by atoms with Crippen LogP contribution in [0.2, 0.25) is 0 Å². The van der Waals surface area contributed by atoms with Gasteiger partial charge in [-0.3, -0.25) is 9.59 Å². The summed E-state index contributed by atoms with van der Waals surface area (Å²) < 4.78 is 0. The van der Waals surface area contributed by atoms with Crippen LogP contribution >= 0.6 is 0 Å². The summed E-state index contributed by atoms with van der Waals surface area (Å²) in [7, 11) is 1.54. The summed E-state index contributed by atoms with van der Waals surface area (Å²) in [4.78, 5) is 22.8. The van der Waals surface area contributed by atoms with E-state index in [4.69, 9.17) is 5.73 Å². The smallest absolute Gasteiger partial charge is 0.242 e. The molecule has 2 atom stereocenters. The van der Waals surface area contributed by atoms with Crippen LogP contribution in [-0.4, -0.2) is 31.4 Å². The number of nitrogens with two attached hydrogens (primary N) is 1. The summed E-state index contributed by atoms with van der Waals surface area (Å²) >= 11 is 0. The molecule has 0 spiro atoms. The molecule has 0 aliphatic rings. The molecule has 0 rings (SSSR count). The van der Waals surface area contributed by atoms with E-state index in [1.54, 1.807) is 6.92 Å². The van der Waals surface area contributed by atoms with Crippen molar-refractivity contribution in [2.75, 3.05) is 13.6 Å². The summed E-state index contributed by atoms with van der Waals surface area (Å²) in [5.74, 6) is -0.435. The normalized spacial score (nSPS) is 14.5. The minimum atomic E-state index is -0.518. The molecule has 0 radical (unpaired) electrons. The van der Waals surface area contributed by atoms with E-state index < -0.39 is 6.04 Å². The minimum absolute atomic E-state index is 0.163. The lowest BCUT2D eigenvalue weighted by atomic mass is 9.95. The van der Waals surface area contributed by atoms with Crippen molar-refractivity contribution in [2.24, 2.45) is 17.6 Å². The largest absolute Gasteiger partial charge is 0.357 e. The lowest BCUT2D eigenvalue weighted by Crippen LogP contribution is -2.48. The monoisotopic (exact) mass is 215 g/mol. The second-order valence-corrected chi connectivity index (χ2v) is 3.93. The first kappa shape index (κ1) is 13.9. The van der Waals surface area contributed by atoms with Gasteiger partial charge < -0.3 is 16.4 Å². The maximum atomic E-state index is 11.7. The van der Waals surface area contributed by atoms with E-state index in [2.05, 4.69) is 10.6 Å². The van der Waals surface area contributed by atoms with Gasteiger partial charge in [-0.05, 0) is 12.8 Å². The summed E-state index contributed by atoms with van der Waals surface area (Å²) in [6.07, 6.45) is 0. The average molecular weight is 215 g/mol. The van der Waals surface area contributed by atoms with Gasteiger partial charge in [-0.1, -0.05) is 13.8 Å². The number of carbonyl (C=O) groups is 2. The fourth-order valence-electron chi connectivity index (χ4n) is 1.28. The number of rotatable bonds is 5. The van der Waals surface area contributed by atoms with E-state index in [9.17, 15) is 9.59 Å². The highest BCUT2D eigenvalue weighted by Crippen LogP contribution is 2.09. The number of nitrogens with one attached hydrogen (secondary N) is 2. The molecule has 5 heteroatoms. The molecule has 0 fully saturated rings. The van der Waals surface area contributed by atoms with Crippen LogP contribution in [0.4, 0.5) is 0 Å². The zero-order valence-corrected chi connectivity index (χ0v) is 9.83. The Morgan fingerprint density at radius 1 is 1.20 bits per heavy atom. The van der Waals surface area contributed by atoms with E-state index in [-0.39, 0.29) is 23.7 Å². The highest BCUT2D eigenvalue weighted by Gasteiger charge is 2.23. The first-order valence-electron chi connectivity index (χ1n) is 5.16. The molecule has 0 aromatic rings. The van der Waals surface area contributed by atoms with Crippen LogP contribution in [0.25, 0.3) is 0 Å². The second-order valence-electron chi connectivity index (χ2n) is 3.93. The molecule has 0 aliphatic heterocycles. The summed E-state index contributed by atoms with van der Waals surface area (Å²) in [6.45, 7) is 5.80. The number of carbonyl (C=O) groups excluding carboxylic acids is 2. The third-order valence-corrected chi connectivity index (χ3v) is 2.39. The highest BCUT2D eigenvalue weighted by atomic mass is 16.2. The van der Waals surface area contributed by atoms with Gasteiger partial charge in [0.15, 0.2) is 0 Å². The fraction of sp³-hybridized carbons (Fsp3) is 0.800. The maximum Gasteiger partial charge on any atom is 0.242 e. The molecule has 2 unspecified atom stereocenters. The Labute approximate surface area is 90.8 Å². The first-order chi connectivity index (χ1) is 6.93. The predicted octanol–water partition coefficient (Wildman–Crippen LogP) is -0.532. The SMILES string of the molecule is CNC(=O)C(C)NC(=O)C(CN)C(C)C. The van der Waals surface area contributed by atoms with Gasteiger partial charge in [0, 0.05) is 13.6 Å². The van der Waals surface area contributed by atoms with Gasteiger partial charge in [0.1, 0.15) is 6.04 Å². The first-order valence-corrected chi connectivity index (χ1v) is 5.16. The Balaban J connectivity index is 4.28. The molecule has 5 nitrogen and oxygen atoms in total. The zero-order valence-electron chi connectivity index (χ0n) is 9.83. The molecule has 4 N–H and O–H groups in total. The van der Waals surface area contributed by atoms with Crippen molar-refractivity contribution < 1.29 is 9.59 Å². The molecule has 0 aromatic carbocycles. The van der Waals surface area contributed by atoms with Gasteiger partial charge in [0.25, 0.3) is 0 Å². The summed E-state index contributed by atoms with van der Waals surface area (Å²) in [5, 5.41) is 5.10. The van der Waals surface area contributed by atoms with Crippen LogP contribution in [0.15, 0.2) is 0 Å². The Morgan fingerprint density at radius 2 is 1.73 bits per heavy atom. The third kappa shape index (κ3) is 4.29. The zero-order chi connectivity index (χ0) is 12.0. The van der Waals surface area contributed by atoms with Gasteiger partial charge in [-0.25, -0.2) is 0 Å². The van der Waals surface area contributed by atoms with E-state index in [1.165, 1.54) is 7.05 Å². The molecule has 0 aromatic heterocycles. The maximum absolute atomic E-state index is 11.7. The Hall–Kier alpha value is -1.10. The van der Waals surface area contributed by atoms with Crippen LogP contribution in [0.3, 0.4) is 0 Å². The van der Waals surface area contributed by atoms with Crippen molar-refractivity contribution in [3.63, 3.8) is 0 Å². The summed E-state index contributed by atoms with van der Waals surface area (Å²) in [5.41, 5.74) is 5.50. The fourth-order valence-corrected chi connectivity index (χ4v) is 1.28. The molecule has 0 saturated carbocycles. The minimum Gasteiger partial charge on any atom is -0.357 e. The van der Waals surface area contributed by atoms with Crippen molar-refractivity contribution in [2.45, 2.75) is 26.8 Å². The van der Waals surface area contributed by atoms with Crippen LogP contribution in [0, 0.1) is 11.8 Å². The molecule has 0 heterocycles. The van der Waals surface area contributed by atoms with Crippen molar-refractivity contribution >= 4 is 11.8 Å². The summed E-state index contributed by atoms with van der Waals surface area (Å²) in [6, 6.07) is -0.518. The Morgan fingerprint density at radius 3 is 2.07 bits per heavy atom. The van der Waals surface area contributed by atoms with Crippen molar-refractivity contribution in [3.8, 4) is 0 Å². The van der Waals surface area contributed by atoms with Gasteiger partial charge >= 0.3 is 0 Å². The van der Waals surface area contributed by atoms with E-state index >= 15 is 0 Å². The van der Waals surface area contributed by atoms with Crippen molar-refractivity contribution in [3.05, 3.63) is 0 Å². The van der Waals surface area contributed by atoms with Gasteiger partial charge in [0.2, 0.25) is 11.8 Å². The Bertz CT molecular complexity index is 229. The van der Waals surface area contributed by atoms with Gasteiger partial charge in [0.05, 0.1) is 5.92 Å². The topological polar surface area (TPSA) is 84.2 Å². The second kappa shape index (κ2) is 6.40. The molecule has 15 heavy (non-hydrogen) atoms. The Kier molecular flexibility index (Phi) is 5.93. The van der Waals surface area contributed by atoms with E-state index in [0.29, 0.717) is 6.54 Å². The van der Waals surface area contributed by atoms with Gasteiger partial charge in [-0.2, -0.15) is 0 Å². The lowest BCUT2D eigenvalue weighted by molar-refractivity contribution is -0.131. The number of hydrogen-bond acceptors (Lipinski definition) is 3. The number of hydrogen-bond donors (Lipinski definition) is 3. The molecule has 88 valence electrons. The molecular formula is C10H21N3O2. The van der Waals surface area contributed by atoms with E-state index in [1.807, 2.05) is 13.8 Å². The van der Waals surface area contributed by atoms with Crippen molar-refractivity contribution in [1.29, 1.82) is 0 Å². The number of amides is 2. The number of likely N-dealkylation sites (N-methyl/N-ethyl adjacent to an activating group) is 1. The third-order valence-electron chi connectivity index (χ3n) is 2.39. The predicted molar refractivity (Wildman–Crippen MR) is 59.1 cm³/mol. The molecule has 0 bridgehead atoms.